The van der Waals surface area contributed by atoms with Crippen LogP contribution in [0.5, 0.6) is 0 Å². The molecule has 1 aromatic rings. The van der Waals surface area contributed by atoms with Crippen molar-refractivity contribution in [3.05, 3.63) is 66.0 Å². The average molecular weight is 342 g/mol. The van der Waals surface area contributed by atoms with Gasteiger partial charge in [0.15, 0.2) is 0 Å². The second-order valence-corrected chi connectivity index (χ2v) is 5.80. The van der Waals surface area contributed by atoms with Gasteiger partial charge >= 0.3 is 0 Å². The molecule has 0 saturated heterocycles. The predicted octanol–water partition coefficient (Wildman–Crippen LogP) is 4.22. The van der Waals surface area contributed by atoms with Crippen LogP contribution in [0.25, 0.3) is 0 Å². The molecule has 1 aromatic carbocycles. The van der Waals surface area contributed by atoms with Crippen LogP contribution in [-0.2, 0) is 16.0 Å². The number of amides is 1. The Bertz CT molecular complexity index is 615. The summed E-state index contributed by atoms with van der Waals surface area (Å²) in [5, 5.41) is 6.25. The summed E-state index contributed by atoms with van der Waals surface area (Å²) in [5.74, 6) is 0.775. The highest BCUT2D eigenvalue weighted by atomic mass is 16.5. The summed E-state index contributed by atoms with van der Waals surface area (Å²) in [5.41, 5.74) is 3.16. The summed E-state index contributed by atoms with van der Waals surface area (Å²) < 4.78 is 5.09. The SMILES string of the molecule is C=C/C(=C\C=C(/C)OC)CNC(=O)C(CC)Nc1ccc(CC)cc1. The molecule has 0 spiro atoms. The van der Waals surface area contributed by atoms with Crippen molar-refractivity contribution in [2.24, 2.45) is 0 Å². The second-order valence-electron chi connectivity index (χ2n) is 5.80. The van der Waals surface area contributed by atoms with E-state index in [1.54, 1.807) is 13.2 Å². The zero-order chi connectivity index (χ0) is 18.7. The number of carbonyl (C=O) groups excluding carboxylic acids is 1. The van der Waals surface area contributed by atoms with Crippen molar-refractivity contribution < 1.29 is 9.53 Å². The first-order valence-corrected chi connectivity index (χ1v) is 8.71. The van der Waals surface area contributed by atoms with Gasteiger partial charge in [0.25, 0.3) is 0 Å². The van der Waals surface area contributed by atoms with E-state index in [1.165, 1.54) is 5.56 Å². The van der Waals surface area contributed by atoms with Crippen molar-refractivity contribution in [2.75, 3.05) is 19.0 Å². The smallest absolute Gasteiger partial charge is 0.242 e. The van der Waals surface area contributed by atoms with Crippen LogP contribution in [0.15, 0.2) is 60.4 Å². The maximum atomic E-state index is 12.4. The normalized spacial score (nSPS) is 13.1. The molecule has 136 valence electrons. The van der Waals surface area contributed by atoms with E-state index in [1.807, 2.05) is 38.1 Å². The fourth-order valence-corrected chi connectivity index (χ4v) is 2.19. The third-order valence-electron chi connectivity index (χ3n) is 4.01. The summed E-state index contributed by atoms with van der Waals surface area (Å²) in [7, 11) is 1.62. The van der Waals surface area contributed by atoms with E-state index < -0.39 is 0 Å². The molecule has 1 unspecified atom stereocenters. The topological polar surface area (TPSA) is 50.4 Å². The highest BCUT2D eigenvalue weighted by Crippen LogP contribution is 2.12. The van der Waals surface area contributed by atoms with Crippen molar-refractivity contribution in [2.45, 2.75) is 39.7 Å². The summed E-state index contributed by atoms with van der Waals surface area (Å²) >= 11 is 0. The summed E-state index contributed by atoms with van der Waals surface area (Å²) in [6.07, 6.45) is 7.19. The Kier molecular flexibility index (Phi) is 9.15. The predicted molar refractivity (Wildman–Crippen MR) is 106 cm³/mol. The molecule has 4 nitrogen and oxygen atoms in total. The van der Waals surface area contributed by atoms with Gasteiger partial charge in [-0.1, -0.05) is 44.7 Å². The molecule has 0 aromatic heterocycles. The molecule has 0 aliphatic rings. The number of aryl methyl sites for hydroxylation is 1. The van der Waals surface area contributed by atoms with Gasteiger partial charge in [-0.15, -0.1) is 0 Å². The van der Waals surface area contributed by atoms with E-state index >= 15 is 0 Å². The van der Waals surface area contributed by atoms with Crippen LogP contribution in [0.2, 0.25) is 0 Å². The van der Waals surface area contributed by atoms with Gasteiger partial charge in [-0.2, -0.15) is 0 Å². The van der Waals surface area contributed by atoms with Crippen molar-refractivity contribution >= 4 is 11.6 Å². The van der Waals surface area contributed by atoms with E-state index in [0.29, 0.717) is 13.0 Å². The standard InChI is InChI=1S/C21H30N2O2/c1-6-17-11-13-19(14-12-17)23-20(8-3)21(24)22-15-18(7-2)10-9-16(4)25-5/h7,9-14,20,23H,2,6,8,15H2,1,3-5H3,(H,22,24)/b16-9+,18-10+. The molecular weight excluding hydrogens is 312 g/mol. The minimum atomic E-state index is -0.269. The second kappa shape index (κ2) is 11.1. The third-order valence-corrected chi connectivity index (χ3v) is 4.01. The number of methoxy groups -OCH3 is 1. The van der Waals surface area contributed by atoms with Crippen molar-refractivity contribution in [3.63, 3.8) is 0 Å². The Morgan fingerprint density at radius 3 is 2.44 bits per heavy atom. The summed E-state index contributed by atoms with van der Waals surface area (Å²) in [6, 6.07) is 7.92. The summed E-state index contributed by atoms with van der Waals surface area (Å²) in [6.45, 7) is 10.2. The number of nitrogens with one attached hydrogen (secondary N) is 2. The largest absolute Gasteiger partial charge is 0.501 e. The van der Waals surface area contributed by atoms with Crippen LogP contribution in [0.1, 0.15) is 32.8 Å². The molecule has 1 atom stereocenters. The number of anilines is 1. The number of rotatable bonds is 10. The first kappa shape index (κ1) is 20.6. The molecule has 1 amide bonds. The number of benzene rings is 1. The highest BCUT2D eigenvalue weighted by Gasteiger charge is 2.15. The number of allylic oxidation sites excluding steroid dienone is 3. The van der Waals surface area contributed by atoms with Gasteiger partial charge in [-0.3, -0.25) is 4.79 Å². The van der Waals surface area contributed by atoms with Gasteiger partial charge in [-0.25, -0.2) is 0 Å². The maximum Gasteiger partial charge on any atom is 0.242 e. The molecule has 1 rings (SSSR count). The Hall–Kier alpha value is -2.49. The number of hydrogen-bond donors (Lipinski definition) is 2. The van der Waals surface area contributed by atoms with Gasteiger partial charge in [0.2, 0.25) is 5.91 Å². The first-order chi connectivity index (χ1) is 12.0. The summed E-state index contributed by atoms with van der Waals surface area (Å²) in [4.78, 5) is 12.4. The van der Waals surface area contributed by atoms with E-state index in [-0.39, 0.29) is 11.9 Å². The van der Waals surface area contributed by atoms with Gasteiger partial charge < -0.3 is 15.4 Å². The van der Waals surface area contributed by atoms with Crippen LogP contribution < -0.4 is 10.6 Å². The Morgan fingerprint density at radius 2 is 1.92 bits per heavy atom. The quantitative estimate of drug-likeness (QED) is 0.494. The van der Waals surface area contributed by atoms with Gasteiger partial charge in [-0.05, 0) is 49.1 Å². The highest BCUT2D eigenvalue weighted by molar-refractivity contribution is 5.84. The van der Waals surface area contributed by atoms with E-state index in [9.17, 15) is 4.79 Å². The van der Waals surface area contributed by atoms with Crippen molar-refractivity contribution in [1.29, 1.82) is 0 Å². The molecule has 0 radical (unpaired) electrons. The molecule has 4 heteroatoms. The van der Waals surface area contributed by atoms with Crippen LogP contribution in [-0.4, -0.2) is 25.6 Å². The van der Waals surface area contributed by atoms with E-state index in [2.05, 4.69) is 36.3 Å². The molecule has 2 N–H and O–H groups in total. The Balaban J connectivity index is 2.64. The maximum absolute atomic E-state index is 12.4. The molecule has 0 aliphatic carbocycles. The molecule has 0 heterocycles. The molecule has 25 heavy (non-hydrogen) atoms. The lowest BCUT2D eigenvalue weighted by atomic mass is 10.1. The van der Waals surface area contributed by atoms with E-state index in [4.69, 9.17) is 4.74 Å². The molecule has 0 bridgehead atoms. The number of hydrogen-bond acceptors (Lipinski definition) is 3. The van der Waals surface area contributed by atoms with E-state index in [0.717, 1.165) is 23.4 Å². The average Bonchev–Trinajstić information content (AvgIpc) is 2.66. The van der Waals surface area contributed by atoms with Crippen molar-refractivity contribution in [1.82, 2.24) is 5.32 Å². The van der Waals surface area contributed by atoms with Gasteiger partial charge in [0.1, 0.15) is 6.04 Å². The molecular formula is C21H30N2O2. The lowest BCUT2D eigenvalue weighted by molar-refractivity contribution is -0.121. The van der Waals surface area contributed by atoms with Gasteiger partial charge in [0.05, 0.1) is 12.9 Å². The van der Waals surface area contributed by atoms with Crippen LogP contribution >= 0.6 is 0 Å². The molecule has 0 fully saturated rings. The number of ether oxygens (including phenoxy) is 1. The molecule has 0 aliphatic heterocycles. The van der Waals surface area contributed by atoms with Crippen LogP contribution in [0.4, 0.5) is 5.69 Å². The van der Waals surface area contributed by atoms with Gasteiger partial charge in [0, 0.05) is 12.2 Å². The Labute approximate surface area is 151 Å². The zero-order valence-electron chi connectivity index (χ0n) is 15.8. The Morgan fingerprint density at radius 1 is 1.24 bits per heavy atom. The van der Waals surface area contributed by atoms with Crippen LogP contribution in [0, 0.1) is 0 Å². The molecule has 0 saturated carbocycles. The lowest BCUT2D eigenvalue weighted by Gasteiger charge is -2.18. The fraction of sp³-hybridized carbons (Fsp3) is 0.381. The first-order valence-electron chi connectivity index (χ1n) is 8.71. The lowest BCUT2D eigenvalue weighted by Crippen LogP contribution is -2.39. The monoisotopic (exact) mass is 342 g/mol. The number of carbonyl (C=O) groups is 1. The minimum Gasteiger partial charge on any atom is -0.501 e. The zero-order valence-corrected chi connectivity index (χ0v) is 15.8. The van der Waals surface area contributed by atoms with Crippen molar-refractivity contribution in [3.8, 4) is 0 Å². The van der Waals surface area contributed by atoms with Crippen LogP contribution in [0.3, 0.4) is 0 Å². The fourth-order valence-electron chi connectivity index (χ4n) is 2.19. The minimum absolute atomic E-state index is 0.0257. The third kappa shape index (κ3) is 7.29.